The average Bonchev–Trinajstić information content (AvgIpc) is 2.26. The van der Waals surface area contributed by atoms with Crippen molar-refractivity contribution in [3.8, 4) is 5.75 Å². The maximum absolute atomic E-state index is 11.8. The Labute approximate surface area is 91.2 Å². The van der Waals surface area contributed by atoms with Crippen LogP contribution in [0.2, 0.25) is 0 Å². The standard InChI is InChI=1S/C10H11F2NO3/c1-15-6-7(5-14)9-3-2-8(4-13-9)16-10(11)12/h2-5,7,10H,6H2,1H3. The Morgan fingerprint density at radius 3 is 2.69 bits per heavy atom. The molecule has 16 heavy (non-hydrogen) atoms. The molecule has 4 nitrogen and oxygen atoms in total. The molecular weight excluding hydrogens is 220 g/mol. The lowest BCUT2D eigenvalue weighted by atomic mass is 10.1. The number of rotatable bonds is 6. The summed E-state index contributed by atoms with van der Waals surface area (Å²) in [6, 6.07) is 2.79. The first kappa shape index (κ1) is 12.5. The summed E-state index contributed by atoms with van der Waals surface area (Å²) in [6.45, 7) is -2.68. The first-order valence-corrected chi connectivity index (χ1v) is 4.52. The van der Waals surface area contributed by atoms with Crippen molar-refractivity contribution in [1.82, 2.24) is 4.98 Å². The average molecular weight is 231 g/mol. The number of alkyl halides is 2. The van der Waals surface area contributed by atoms with Gasteiger partial charge in [0.05, 0.1) is 24.4 Å². The van der Waals surface area contributed by atoms with Crippen molar-refractivity contribution in [3.63, 3.8) is 0 Å². The molecule has 0 saturated carbocycles. The van der Waals surface area contributed by atoms with E-state index >= 15 is 0 Å². The molecule has 0 radical (unpaired) electrons. The van der Waals surface area contributed by atoms with Crippen LogP contribution in [-0.4, -0.2) is 31.6 Å². The molecule has 0 saturated heterocycles. The molecule has 1 aromatic rings. The van der Waals surface area contributed by atoms with Crippen LogP contribution in [0.4, 0.5) is 8.78 Å². The quantitative estimate of drug-likeness (QED) is 0.698. The molecule has 0 fully saturated rings. The van der Waals surface area contributed by atoms with Gasteiger partial charge in [-0.3, -0.25) is 4.98 Å². The second kappa shape index (κ2) is 6.12. The highest BCUT2D eigenvalue weighted by molar-refractivity contribution is 5.61. The van der Waals surface area contributed by atoms with Gasteiger partial charge in [0.1, 0.15) is 12.0 Å². The summed E-state index contributed by atoms with van der Waals surface area (Å²) in [5.41, 5.74) is 0.457. The zero-order valence-corrected chi connectivity index (χ0v) is 8.60. The van der Waals surface area contributed by atoms with E-state index < -0.39 is 12.5 Å². The topological polar surface area (TPSA) is 48.4 Å². The molecule has 0 aliphatic heterocycles. The SMILES string of the molecule is COCC(C=O)c1ccc(OC(F)F)cn1. The molecule has 6 heteroatoms. The Hall–Kier alpha value is -1.56. The summed E-state index contributed by atoms with van der Waals surface area (Å²) in [4.78, 5) is 14.5. The first-order chi connectivity index (χ1) is 7.67. The van der Waals surface area contributed by atoms with E-state index in [-0.39, 0.29) is 12.4 Å². The summed E-state index contributed by atoms with van der Waals surface area (Å²) in [5.74, 6) is -0.536. The Morgan fingerprint density at radius 1 is 1.50 bits per heavy atom. The second-order valence-corrected chi connectivity index (χ2v) is 3.00. The fourth-order valence-corrected chi connectivity index (χ4v) is 1.16. The van der Waals surface area contributed by atoms with Crippen molar-refractivity contribution in [1.29, 1.82) is 0 Å². The number of hydrogen-bond acceptors (Lipinski definition) is 4. The van der Waals surface area contributed by atoms with Crippen molar-refractivity contribution < 1.29 is 23.0 Å². The summed E-state index contributed by atoms with van der Waals surface area (Å²) in [7, 11) is 1.46. The fourth-order valence-electron chi connectivity index (χ4n) is 1.16. The molecule has 0 bridgehead atoms. The van der Waals surface area contributed by atoms with Crippen LogP contribution in [0, 0.1) is 0 Å². The Morgan fingerprint density at radius 2 is 2.25 bits per heavy atom. The molecule has 0 spiro atoms. The normalized spacial score (nSPS) is 12.5. The molecule has 1 aromatic heterocycles. The van der Waals surface area contributed by atoms with Crippen LogP contribution < -0.4 is 4.74 Å². The van der Waals surface area contributed by atoms with Gasteiger partial charge in [0.2, 0.25) is 0 Å². The number of pyridine rings is 1. The Bertz CT molecular complexity index is 329. The maximum atomic E-state index is 11.8. The van der Waals surface area contributed by atoms with Crippen molar-refractivity contribution >= 4 is 6.29 Å². The first-order valence-electron chi connectivity index (χ1n) is 4.52. The third-order valence-electron chi connectivity index (χ3n) is 1.87. The lowest BCUT2D eigenvalue weighted by Crippen LogP contribution is -2.10. The van der Waals surface area contributed by atoms with E-state index in [0.29, 0.717) is 12.0 Å². The zero-order chi connectivity index (χ0) is 12.0. The van der Waals surface area contributed by atoms with Crippen LogP contribution in [-0.2, 0) is 9.53 Å². The maximum Gasteiger partial charge on any atom is 0.387 e. The van der Waals surface area contributed by atoms with Crippen molar-refractivity contribution in [2.75, 3.05) is 13.7 Å². The molecule has 0 aromatic carbocycles. The van der Waals surface area contributed by atoms with Crippen LogP contribution >= 0.6 is 0 Å². The molecule has 0 aliphatic rings. The van der Waals surface area contributed by atoms with Gasteiger partial charge in [-0.2, -0.15) is 8.78 Å². The van der Waals surface area contributed by atoms with Crippen molar-refractivity contribution in [2.24, 2.45) is 0 Å². The molecule has 0 amide bonds. The van der Waals surface area contributed by atoms with Gasteiger partial charge >= 0.3 is 6.61 Å². The summed E-state index contributed by atoms with van der Waals surface area (Å²) in [6.07, 6.45) is 1.84. The number of aromatic nitrogens is 1. The smallest absolute Gasteiger partial charge is 0.387 e. The Balaban J connectivity index is 2.72. The van der Waals surface area contributed by atoms with Crippen LogP contribution in [0.3, 0.4) is 0 Å². The van der Waals surface area contributed by atoms with Crippen LogP contribution in [0.5, 0.6) is 5.75 Å². The van der Waals surface area contributed by atoms with Crippen LogP contribution in [0.25, 0.3) is 0 Å². The molecule has 88 valence electrons. The number of aldehydes is 1. The number of carbonyl (C=O) groups is 1. The highest BCUT2D eigenvalue weighted by Crippen LogP contribution is 2.16. The number of hydrogen-bond donors (Lipinski definition) is 0. The van der Waals surface area contributed by atoms with E-state index in [4.69, 9.17) is 4.74 Å². The lowest BCUT2D eigenvalue weighted by molar-refractivity contribution is -0.110. The van der Waals surface area contributed by atoms with Gasteiger partial charge in [0.15, 0.2) is 0 Å². The van der Waals surface area contributed by atoms with E-state index in [1.54, 1.807) is 0 Å². The number of methoxy groups -OCH3 is 1. The molecular formula is C10H11F2NO3. The molecule has 1 atom stereocenters. The molecule has 1 heterocycles. The summed E-state index contributed by atoms with van der Waals surface area (Å²) in [5, 5.41) is 0. The van der Waals surface area contributed by atoms with Gasteiger partial charge in [-0.1, -0.05) is 0 Å². The van der Waals surface area contributed by atoms with Crippen LogP contribution in [0.15, 0.2) is 18.3 Å². The van der Waals surface area contributed by atoms with Gasteiger partial charge in [0.25, 0.3) is 0 Å². The number of carbonyl (C=O) groups excluding carboxylic acids is 1. The highest BCUT2D eigenvalue weighted by atomic mass is 19.3. The number of nitrogens with zero attached hydrogens (tertiary/aromatic N) is 1. The zero-order valence-electron chi connectivity index (χ0n) is 8.60. The number of halogens is 2. The predicted octanol–water partition coefficient (Wildman–Crippen LogP) is 1.61. The second-order valence-electron chi connectivity index (χ2n) is 3.00. The lowest BCUT2D eigenvalue weighted by Gasteiger charge is -2.09. The molecule has 1 unspecified atom stereocenters. The van der Waals surface area contributed by atoms with Gasteiger partial charge in [-0.25, -0.2) is 0 Å². The van der Waals surface area contributed by atoms with Gasteiger partial charge in [0, 0.05) is 7.11 Å². The molecule has 1 rings (SSSR count). The van der Waals surface area contributed by atoms with Gasteiger partial charge in [-0.05, 0) is 12.1 Å². The van der Waals surface area contributed by atoms with Crippen LogP contribution in [0.1, 0.15) is 11.6 Å². The minimum absolute atomic E-state index is 0.0409. The molecule has 0 aliphatic carbocycles. The van der Waals surface area contributed by atoms with Gasteiger partial charge < -0.3 is 14.3 Å². The van der Waals surface area contributed by atoms with Crippen molar-refractivity contribution in [3.05, 3.63) is 24.0 Å². The minimum atomic E-state index is -2.88. The monoisotopic (exact) mass is 231 g/mol. The van der Waals surface area contributed by atoms with Gasteiger partial charge in [-0.15, -0.1) is 0 Å². The number of ether oxygens (including phenoxy) is 2. The third kappa shape index (κ3) is 3.54. The largest absolute Gasteiger partial charge is 0.433 e. The predicted molar refractivity (Wildman–Crippen MR) is 51.6 cm³/mol. The van der Waals surface area contributed by atoms with Crippen molar-refractivity contribution in [2.45, 2.75) is 12.5 Å². The molecule has 0 N–H and O–H groups in total. The summed E-state index contributed by atoms with van der Waals surface area (Å²) >= 11 is 0. The fraction of sp³-hybridized carbons (Fsp3) is 0.400. The minimum Gasteiger partial charge on any atom is -0.433 e. The Kier molecular flexibility index (Phi) is 4.78. The highest BCUT2D eigenvalue weighted by Gasteiger charge is 2.12. The van der Waals surface area contributed by atoms with E-state index in [1.165, 1.54) is 19.2 Å². The summed E-state index contributed by atoms with van der Waals surface area (Å²) < 4.78 is 32.6. The van der Waals surface area contributed by atoms with E-state index in [1.807, 2.05) is 0 Å². The van der Waals surface area contributed by atoms with E-state index in [0.717, 1.165) is 6.20 Å². The van der Waals surface area contributed by atoms with E-state index in [9.17, 15) is 13.6 Å². The van der Waals surface area contributed by atoms with E-state index in [2.05, 4.69) is 9.72 Å². The third-order valence-corrected chi connectivity index (χ3v) is 1.87.